The van der Waals surface area contributed by atoms with Crippen molar-refractivity contribution in [2.45, 2.75) is 30.9 Å². The number of nitrogens with zero attached hydrogens (tertiary/aromatic N) is 1. The standard InChI is InChI=1S/C31H35N5O6/c1-36(2)29(39)27(37)19-13-15-20(16-14-19)34-28(38)26(12-7-17-33-30(32)40)35-31(41)42-18-25-23-10-5-3-8-21(23)22-9-4-6-11-24(22)25/h3-6,8-11,13-16,25-27,37H,7,12,17-18H2,1-2H3,(H,34,38)(H,35,41)(H3,32,33,40)/t26-,27?/m0/s1. The summed E-state index contributed by atoms with van der Waals surface area (Å²) in [6.45, 7) is 0.310. The van der Waals surface area contributed by atoms with Gasteiger partial charge in [-0.25, -0.2) is 9.59 Å². The Morgan fingerprint density at radius 3 is 2.10 bits per heavy atom. The zero-order valence-electron chi connectivity index (χ0n) is 23.5. The quantitative estimate of drug-likeness (QED) is 0.221. The van der Waals surface area contributed by atoms with Crippen LogP contribution in [0.5, 0.6) is 0 Å². The molecule has 1 unspecified atom stereocenters. The summed E-state index contributed by atoms with van der Waals surface area (Å²) in [5.74, 6) is -1.10. The lowest BCUT2D eigenvalue weighted by Crippen LogP contribution is -2.44. The Labute approximate surface area is 244 Å². The van der Waals surface area contributed by atoms with E-state index in [2.05, 4.69) is 16.0 Å². The number of carbonyl (C=O) groups is 4. The second-order valence-corrected chi connectivity index (χ2v) is 10.2. The Balaban J connectivity index is 1.40. The molecule has 1 aliphatic carbocycles. The summed E-state index contributed by atoms with van der Waals surface area (Å²) in [5.41, 5.74) is 10.2. The van der Waals surface area contributed by atoms with Crippen molar-refractivity contribution in [1.82, 2.24) is 15.5 Å². The van der Waals surface area contributed by atoms with Crippen molar-refractivity contribution in [3.8, 4) is 11.1 Å². The van der Waals surface area contributed by atoms with Crippen LogP contribution in [0.2, 0.25) is 0 Å². The summed E-state index contributed by atoms with van der Waals surface area (Å²) in [5, 5.41) is 18.1. The number of aliphatic hydroxyl groups is 1. The number of hydrogen-bond acceptors (Lipinski definition) is 6. The number of hydrogen-bond donors (Lipinski definition) is 5. The summed E-state index contributed by atoms with van der Waals surface area (Å²) in [7, 11) is 3.09. The highest BCUT2D eigenvalue weighted by atomic mass is 16.5. The van der Waals surface area contributed by atoms with Crippen LogP contribution in [0, 0.1) is 0 Å². The first-order valence-electron chi connectivity index (χ1n) is 13.6. The Morgan fingerprint density at radius 2 is 1.52 bits per heavy atom. The molecule has 220 valence electrons. The van der Waals surface area contributed by atoms with Crippen LogP contribution in [0.1, 0.15) is 41.6 Å². The van der Waals surface area contributed by atoms with E-state index in [0.717, 1.165) is 22.3 Å². The summed E-state index contributed by atoms with van der Waals surface area (Å²) < 4.78 is 5.62. The molecule has 0 aromatic heterocycles. The third kappa shape index (κ3) is 7.24. The highest BCUT2D eigenvalue weighted by molar-refractivity contribution is 5.96. The smallest absolute Gasteiger partial charge is 0.407 e. The van der Waals surface area contributed by atoms with E-state index in [1.807, 2.05) is 48.5 Å². The molecule has 0 spiro atoms. The molecule has 0 saturated carbocycles. The third-order valence-electron chi connectivity index (χ3n) is 7.09. The van der Waals surface area contributed by atoms with Gasteiger partial charge in [0.1, 0.15) is 12.6 Å². The predicted octanol–water partition coefficient (Wildman–Crippen LogP) is 3.10. The van der Waals surface area contributed by atoms with Gasteiger partial charge in [0.05, 0.1) is 0 Å². The maximum atomic E-state index is 13.2. The highest BCUT2D eigenvalue weighted by Gasteiger charge is 2.30. The normalized spacial score (nSPS) is 13.2. The van der Waals surface area contributed by atoms with Crippen molar-refractivity contribution in [2.75, 3.05) is 32.6 Å². The topological polar surface area (TPSA) is 163 Å². The van der Waals surface area contributed by atoms with E-state index in [9.17, 15) is 24.3 Å². The minimum Gasteiger partial charge on any atom is -0.449 e. The van der Waals surface area contributed by atoms with E-state index in [1.54, 1.807) is 26.2 Å². The molecule has 0 fully saturated rings. The monoisotopic (exact) mass is 573 g/mol. The lowest BCUT2D eigenvalue weighted by atomic mass is 9.98. The van der Waals surface area contributed by atoms with Crippen LogP contribution < -0.4 is 21.7 Å². The second-order valence-electron chi connectivity index (χ2n) is 10.2. The van der Waals surface area contributed by atoms with Gasteiger partial charge in [0.2, 0.25) is 5.91 Å². The van der Waals surface area contributed by atoms with Crippen molar-refractivity contribution >= 4 is 29.6 Å². The number of ether oxygens (including phenoxy) is 1. The summed E-state index contributed by atoms with van der Waals surface area (Å²) in [6.07, 6.45) is -1.52. The Morgan fingerprint density at radius 1 is 0.929 bits per heavy atom. The molecular formula is C31H35N5O6. The van der Waals surface area contributed by atoms with Crippen molar-refractivity contribution in [3.63, 3.8) is 0 Å². The average molecular weight is 574 g/mol. The lowest BCUT2D eigenvalue weighted by Gasteiger charge is -2.20. The minimum absolute atomic E-state index is 0.0902. The van der Waals surface area contributed by atoms with Crippen LogP contribution >= 0.6 is 0 Å². The van der Waals surface area contributed by atoms with Crippen molar-refractivity contribution in [1.29, 1.82) is 0 Å². The molecule has 0 aliphatic heterocycles. The summed E-state index contributed by atoms with van der Waals surface area (Å²) in [6, 6.07) is 20.5. The molecule has 6 N–H and O–H groups in total. The van der Waals surface area contributed by atoms with Gasteiger partial charge in [-0.3, -0.25) is 9.59 Å². The van der Waals surface area contributed by atoms with Crippen molar-refractivity contribution in [2.24, 2.45) is 5.73 Å². The SMILES string of the molecule is CN(C)C(=O)C(O)c1ccc(NC(=O)[C@H](CCCNC(N)=O)NC(=O)OCC2c3ccccc3-c3ccccc32)cc1. The highest BCUT2D eigenvalue weighted by Crippen LogP contribution is 2.44. The Bertz CT molecular complexity index is 1400. The molecule has 2 atom stereocenters. The van der Waals surface area contributed by atoms with Crippen LogP contribution in [0.15, 0.2) is 72.8 Å². The molecule has 0 bridgehead atoms. The number of likely N-dealkylation sites (N-methyl/N-ethyl adjacent to an activating group) is 1. The first-order chi connectivity index (χ1) is 20.2. The molecule has 3 aromatic rings. The number of nitrogens with two attached hydrogens (primary N) is 1. The van der Waals surface area contributed by atoms with E-state index in [-0.39, 0.29) is 25.5 Å². The van der Waals surface area contributed by atoms with E-state index in [1.165, 1.54) is 17.0 Å². The average Bonchev–Trinajstić information content (AvgIpc) is 3.30. The van der Waals surface area contributed by atoms with Crippen LogP contribution in [0.4, 0.5) is 15.3 Å². The summed E-state index contributed by atoms with van der Waals surface area (Å²) in [4.78, 5) is 50.4. The first-order valence-corrected chi connectivity index (χ1v) is 13.6. The molecule has 0 heterocycles. The number of nitrogens with one attached hydrogen (secondary N) is 3. The zero-order chi connectivity index (χ0) is 30.2. The number of benzene rings is 3. The fourth-order valence-corrected chi connectivity index (χ4v) is 4.93. The molecule has 11 heteroatoms. The van der Waals surface area contributed by atoms with E-state index < -0.39 is 36.1 Å². The Hall–Kier alpha value is -4.90. The van der Waals surface area contributed by atoms with Crippen molar-refractivity contribution in [3.05, 3.63) is 89.5 Å². The number of primary amides is 1. The maximum Gasteiger partial charge on any atom is 0.407 e. The number of alkyl carbamates (subject to hydrolysis) is 1. The van der Waals surface area contributed by atoms with Crippen LogP contribution in [-0.2, 0) is 14.3 Å². The van der Waals surface area contributed by atoms with Gasteiger partial charge < -0.3 is 36.4 Å². The van der Waals surface area contributed by atoms with Crippen LogP contribution in [-0.4, -0.2) is 67.2 Å². The molecule has 3 aromatic carbocycles. The van der Waals surface area contributed by atoms with Gasteiger partial charge in [0.25, 0.3) is 5.91 Å². The molecule has 0 radical (unpaired) electrons. The minimum atomic E-state index is -1.33. The van der Waals surface area contributed by atoms with Gasteiger partial charge >= 0.3 is 12.1 Å². The van der Waals surface area contributed by atoms with Gasteiger partial charge in [-0.2, -0.15) is 0 Å². The first kappa shape index (κ1) is 30.1. The van der Waals surface area contributed by atoms with E-state index in [4.69, 9.17) is 10.5 Å². The second kappa shape index (κ2) is 13.6. The molecule has 4 rings (SSSR count). The van der Waals surface area contributed by atoms with E-state index in [0.29, 0.717) is 17.7 Å². The number of amides is 5. The number of aliphatic hydroxyl groups excluding tert-OH is 1. The van der Waals surface area contributed by atoms with Crippen LogP contribution in [0.3, 0.4) is 0 Å². The van der Waals surface area contributed by atoms with Crippen LogP contribution in [0.25, 0.3) is 11.1 Å². The van der Waals surface area contributed by atoms with Gasteiger partial charge in [0.15, 0.2) is 6.10 Å². The predicted molar refractivity (Wildman–Crippen MR) is 158 cm³/mol. The molecular weight excluding hydrogens is 538 g/mol. The fraction of sp³-hybridized carbons (Fsp3) is 0.290. The summed E-state index contributed by atoms with van der Waals surface area (Å²) >= 11 is 0. The van der Waals surface area contributed by atoms with Gasteiger partial charge in [0, 0.05) is 32.2 Å². The fourth-order valence-electron chi connectivity index (χ4n) is 4.93. The van der Waals surface area contributed by atoms with Gasteiger partial charge in [-0.15, -0.1) is 0 Å². The number of rotatable bonds is 11. The number of fused-ring (bicyclic) bond motifs is 3. The molecule has 5 amide bonds. The molecule has 0 saturated heterocycles. The molecule has 11 nitrogen and oxygen atoms in total. The van der Waals surface area contributed by atoms with Crippen molar-refractivity contribution < 1.29 is 29.0 Å². The van der Waals surface area contributed by atoms with E-state index >= 15 is 0 Å². The molecule has 1 aliphatic rings. The van der Waals surface area contributed by atoms with Gasteiger partial charge in [-0.1, -0.05) is 60.7 Å². The third-order valence-corrected chi connectivity index (χ3v) is 7.09. The zero-order valence-corrected chi connectivity index (χ0v) is 23.5. The number of carbonyl (C=O) groups excluding carboxylic acids is 4. The largest absolute Gasteiger partial charge is 0.449 e. The number of anilines is 1. The Kier molecular flexibility index (Phi) is 9.77. The number of urea groups is 1. The molecule has 42 heavy (non-hydrogen) atoms. The maximum absolute atomic E-state index is 13.2. The lowest BCUT2D eigenvalue weighted by molar-refractivity contribution is -0.137. The van der Waals surface area contributed by atoms with Gasteiger partial charge in [-0.05, 0) is 52.8 Å².